The molecule has 1 atom stereocenters. The minimum Gasteiger partial charge on any atom is -0.485 e. The summed E-state index contributed by atoms with van der Waals surface area (Å²) in [6.45, 7) is 7.96. The molecule has 1 aliphatic rings. The number of nitrogens with one attached hydrogen (secondary N) is 2. The van der Waals surface area contributed by atoms with Gasteiger partial charge < -0.3 is 15.4 Å². The minimum atomic E-state index is -0.257. The molecule has 0 spiro atoms. The molecule has 0 radical (unpaired) electrons. The Balaban J connectivity index is 1.69. The van der Waals surface area contributed by atoms with Gasteiger partial charge in [0.25, 0.3) is 0 Å². The van der Waals surface area contributed by atoms with Gasteiger partial charge in [-0.1, -0.05) is 12.1 Å². The number of hydrogen-bond donors (Lipinski definition) is 2. The van der Waals surface area contributed by atoms with Crippen molar-refractivity contribution < 1.29 is 9.53 Å². The fourth-order valence-electron chi connectivity index (χ4n) is 2.70. The lowest BCUT2D eigenvalue weighted by molar-refractivity contribution is 0.139. The molecule has 3 rings (SSSR count). The number of anilines is 1. The van der Waals surface area contributed by atoms with Crippen LogP contribution in [-0.4, -0.2) is 16.6 Å². The summed E-state index contributed by atoms with van der Waals surface area (Å²) in [4.78, 5) is 16.7. The second kappa shape index (κ2) is 5.85. The van der Waals surface area contributed by atoms with Crippen molar-refractivity contribution in [2.45, 2.75) is 45.8 Å². The standard InChI is InChI=1S/C17H21N3O2S/c1-10-9-23-15(18-10)11(2)19-16(21)20-13-7-5-6-12-8-17(3,4)22-14(12)13/h5-7,9,11H,8H2,1-4H3,(H2,19,20,21)/t11-/m0/s1. The number of thiazole rings is 1. The van der Waals surface area contributed by atoms with Crippen molar-refractivity contribution >= 4 is 23.1 Å². The maximum atomic E-state index is 12.3. The van der Waals surface area contributed by atoms with Gasteiger partial charge in [0, 0.05) is 23.1 Å². The van der Waals surface area contributed by atoms with Crippen LogP contribution < -0.4 is 15.4 Å². The highest BCUT2D eigenvalue weighted by molar-refractivity contribution is 7.09. The van der Waals surface area contributed by atoms with Crippen molar-refractivity contribution in [1.29, 1.82) is 0 Å². The van der Waals surface area contributed by atoms with Crippen molar-refractivity contribution in [2.24, 2.45) is 0 Å². The number of nitrogens with zero attached hydrogens (tertiary/aromatic N) is 1. The first-order valence-electron chi connectivity index (χ1n) is 7.64. The first-order chi connectivity index (χ1) is 10.8. The molecule has 2 N–H and O–H groups in total. The van der Waals surface area contributed by atoms with E-state index in [1.54, 1.807) is 11.3 Å². The van der Waals surface area contributed by atoms with Gasteiger partial charge in [-0.25, -0.2) is 9.78 Å². The molecule has 2 heterocycles. The van der Waals surface area contributed by atoms with Crippen molar-refractivity contribution in [3.8, 4) is 5.75 Å². The second-order valence-corrected chi connectivity index (χ2v) is 7.37. The maximum Gasteiger partial charge on any atom is 0.319 e. The molecule has 0 bridgehead atoms. The van der Waals surface area contributed by atoms with Gasteiger partial charge >= 0.3 is 6.03 Å². The van der Waals surface area contributed by atoms with Crippen LogP contribution >= 0.6 is 11.3 Å². The molecule has 5 nitrogen and oxygen atoms in total. The van der Waals surface area contributed by atoms with E-state index in [-0.39, 0.29) is 17.7 Å². The summed E-state index contributed by atoms with van der Waals surface area (Å²) in [5.41, 5.74) is 2.56. The van der Waals surface area contributed by atoms with Gasteiger partial charge in [0.05, 0.1) is 11.7 Å². The number of amides is 2. The number of aromatic nitrogens is 1. The molecular formula is C17H21N3O2S. The minimum absolute atomic E-state index is 0.136. The molecule has 2 amide bonds. The lowest BCUT2D eigenvalue weighted by Crippen LogP contribution is -2.31. The van der Waals surface area contributed by atoms with Crippen LogP contribution in [0.1, 0.15) is 43.1 Å². The Bertz CT molecular complexity index is 739. The summed E-state index contributed by atoms with van der Waals surface area (Å²) < 4.78 is 5.97. The zero-order valence-corrected chi connectivity index (χ0v) is 14.6. The molecule has 0 unspecified atom stereocenters. The predicted molar refractivity (Wildman–Crippen MR) is 92.3 cm³/mol. The Labute approximate surface area is 140 Å². The molecule has 0 fully saturated rings. The van der Waals surface area contributed by atoms with Crippen LogP contribution in [0.2, 0.25) is 0 Å². The van der Waals surface area contributed by atoms with Crippen LogP contribution in [-0.2, 0) is 6.42 Å². The molecule has 122 valence electrons. The van der Waals surface area contributed by atoms with Crippen LogP contribution in [0, 0.1) is 6.92 Å². The summed E-state index contributed by atoms with van der Waals surface area (Å²) in [6, 6.07) is 5.44. The van der Waals surface area contributed by atoms with E-state index in [9.17, 15) is 4.79 Å². The smallest absolute Gasteiger partial charge is 0.319 e. The van der Waals surface area contributed by atoms with E-state index < -0.39 is 0 Å². The molecule has 1 aliphatic heterocycles. The summed E-state index contributed by atoms with van der Waals surface area (Å²) in [6.07, 6.45) is 0.842. The number of rotatable bonds is 3. The van der Waals surface area contributed by atoms with Crippen LogP contribution in [0.15, 0.2) is 23.6 Å². The SMILES string of the molecule is Cc1csc([C@H](C)NC(=O)Nc2cccc3c2OC(C)(C)C3)n1. The largest absolute Gasteiger partial charge is 0.485 e. The fraction of sp³-hybridized carbons (Fsp3) is 0.412. The zero-order valence-electron chi connectivity index (χ0n) is 13.8. The van der Waals surface area contributed by atoms with E-state index in [0.717, 1.165) is 28.4 Å². The van der Waals surface area contributed by atoms with Gasteiger partial charge in [0.2, 0.25) is 0 Å². The Morgan fingerprint density at radius 2 is 2.22 bits per heavy atom. The quantitative estimate of drug-likeness (QED) is 0.892. The molecule has 0 aliphatic carbocycles. The monoisotopic (exact) mass is 331 g/mol. The maximum absolute atomic E-state index is 12.3. The Hall–Kier alpha value is -2.08. The van der Waals surface area contributed by atoms with Gasteiger partial charge in [-0.3, -0.25) is 0 Å². The zero-order chi connectivity index (χ0) is 16.6. The number of benzene rings is 1. The molecular weight excluding hydrogens is 310 g/mol. The normalized spacial score (nSPS) is 16.3. The highest BCUT2D eigenvalue weighted by Gasteiger charge is 2.32. The predicted octanol–water partition coefficient (Wildman–Crippen LogP) is 4.05. The van der Waals surface area contributed by atoms with E-state index in [1.165, 1.54) is 0 Å². The highest BCUT2D eigenvalue weighted by Crippen LogP contribution is 2.40. The number of ether oxygens (including phenoxy) is 1. The van der Waals surface area contributed by atoms with Gasteiger partial charge in [0.1, 0.15) is 16.4 Å². The summed E-state index contributed by atoms with van der Waals surface area (Å²) in [5.74, 6) is 0.769. The molecule has 23 heavy (non-hydrogen) atoms. The van der Waals surface area contributed by atoms with E-state index in [1.807, 2.05) is 51.3 Å². The van der Waals surface area contributed by atoms with Crippen LogP contribution in [0.3, 0.4) is 0 Å². The van der Waals surface area contributed by atoms with E-state index in [4.69, 9.17) is 4.74 Å². The number of hydrogen-bond acceptors (Lipinski definition) is 4. The fourth-order valence-corrected chi connectivity index (χ4v) is 3.51. The van der Waals surface area contributed by atoms with E-state index in [0.29, 0.717) is 5.69 Å². The number of carbonyl (C=O) groups excluding carboxylic acids is 1. The molecule has 0 saturated carbocycles. The summed E-state index contributed by atoms with van der Waals surface area (Å²) in [5, 5.41) is 8.68. The molecule has 2 aromatic rings. The van der Waals surface area contributed by atoms with Gasteiger partial charge in [-0.15, -0.1) is 11.3 Å². The topological polar surface area (TPSA) is 63.2 Å². The van der Waals surface area contributed by atoms with Crippen LogP contribution in [0.25, 0.3) is 0 Å². The van der Waals surface area contributed by atoms with E-state index >= 15 is 0 Å². The Morgan fingerprint density at radius 3 is 2.91 bits per heavy atom. The van der Waals surface area contributed by atoms with Gasteiger partial charge in [0.15, 0.2) is 0 Å². The number of urea groups is 1. The van der Waals surface area contributed by atoms with Crippen molar-refractivity contribution in [2.75, 3.05) is 5.32 Å². The van der Waals surface area contributed by atoms with Gasteiger partial charge in [-0.2, -0.15) is 0 Å². The first-order valence-corrected chi connectivity index (χ1v) is 8.52. The van der Waals surface area contributed by atoms with E-state index in [2.05, 4.69) is 15.6 Å². The lowest BCUT2D eigenvalue weighted by Gasteiger charge is -2.19. The first kappa shape index (κ1) is 15.8. The van der Waals surface area contributed by atoms with Crippen molar-refractivity contribution in [3.05, 3.63) is 39.8 Å². The Kier molecular flexibility index (Phi) is 4.02. The summed E-state index contributed by atoms with van der Waals surface area (Å²) in [7, 11) is 0. The van der Waals surface area contributed by atoms with Gasteiger partial charge in [-0.05, 0) is 33.8 Å². The summed E-state index contributed by atoms with van der Waals surface area (Å²) >= 11 is 1.55. The van der Waals surface area contributed by atoms with Crippen molar-refractivity contribution in [3.63, 3.8) is 0 Å². The second-order valence-electron chi connectivity index (χ2n) is 6.48. The molecule has 6 heteroatoms. The number of carbonyl (C=O) groups is 1. The van der Waals surface area contributed by atoms with Crippen LogP contribution in [0.4, 0.5) is 10.5 Å². The average Bonchev–Trinajstić information content (AvgIpc) is 3.01. The Morgan fingerprint density at radius 1 is 1.43 bits per heavy atom. The molecule has 1 aromatic carbocycles. The third-order valence-electron chi connectivity index (χ3n) is 3.69. The number of para-hydroxylation sites is 1. The number of fused-ring (bicyclic) bond motifs is 1. The highest BCUT2D eigenvalue weighted by atomic mass is 32.1. The third kappa shape index (κ3) is 3.47. The van der Waals surface area contributed by atoms with Crippen LogP contribution in [0.5, 0.6) is 5.75 Å². The molecule has 0 saturated heterocycles. The third-order valence-corrected chi connectivity index (χ3v) is 4.84. The molecule has 1 aromatic heterocycles. The average molecular weight is 331 g/mol. The van der Waals surface area contributed by atoms with Crippen molar-refractivity contribution in [1.82, 2.24) is 10.3 Å². The lowest BCUT2D eigenvalue weighted by atomic mass is 10.0. The number of aryl methyl sites for hydroxylation is 1.